The standard InChI is InChI=1S/C29H39B2N7O3/c1-3-4-12-21(39)19-10-5-11-20-23(36-41-24(19)20)25-33-26(37-14-7-8-17(2)15-37)22-27(34-25)38(16-18-9-6-13-32-18)35-28(22)40-29(30)31/h17-19,29,32H,3-16H2,1-2H3. The summed E-state index contributed by atoms with van der Waals surface area (Å²) in [5, 5.41) is 13.6. The van der Waals surface area contributed by atoms with Crippen molar-refractivity contribution in [1.82, 2.24) is 30.2 Å². The van der Waals surface area contributed by atoms with Crippen LogP contribution in [0.5, 0.6) is 5.88 Å². The second-order valence-corrected chi connectivity index (χ2v) is 12.0. The van der Waals surface area contributed by atoms with Crippen LogP contribution in [0.3, 0.4) is 0 Å². The molecule has 41 heavy (non-hydrogen) atoms. The molecule has 0 bridgehead atoms. The first-order chi connectivity index (χ1) is 19.9. The molecule has 1 N–H and O–H groups in total. The van der Waals surface area contributed by atoms with Crippen molar-refractivity contribution in [2.75, 3.05) is 24.5 Å². The van der Waals surface area contributed by atoms with Crippen LogP contribution in [0, 0.1) is 5.92 Å². The van der Waals surface area contributed by atoms with Gasteiger partial charge in [0.05, 0.1) is 12.5 Å². The molecule has 4 radical (unpaired) electrons. The molecule has 0 saturated carbocycles. The molecule has 3 aliphatic rings. The normalized spacial score (nSPS) is 22.9. The number of anilines is 1. The molecule has 3 unspecified atom stereocenters. The first-order valence-corrected chi connectivity index (χ1v) is 15.4. The van der Waals surface area contributed by atoms with Crippen molar-refractivity contribution in [2.45, 2.75) is 102 Å². The third kappa shape index (κ3) is 5.76. The number of unbranched alkanes of at least 4 members (excludes halogenated alkanes) is 1. The number of rotatable bonds is 10. The van der Waals surface area contributed by atoms with Gasteiger partial charge in [0.25, 0.3) is 0 Å². The number of carbonyl (C=O) groups is 1. The monoisotopic (exact) mass is 555 g/mol. The average Bonchev–Trinajstić information content (AvgIpc) is 3.71. The van der Waals surface area contributed by atoms with E-state index in [1.54, 1.807) is 0 Å². The van der Waals surface area contributed by atoms with Crippen molar-refractivity contribution < 1.29 is 14.1 Å². The summed E-state index contributed by atoms with van der Waals surface area (Å²) in [7, 11) is 11.8. The fourth-order valence-electron chi connectivity index (χ4n) is 6.66. The maximum absolute atomic E-state index is 13.1. The predicted molar refractivity (Wildman–Crippen MR) is 159 cm³/mol. The van der Waals surface area contributed by atoms with Gasteiger partial charge in [-0.25, -0.2) is 14.6 Å². The van der Waals surface area contributed by atoms with Gasteiger partial charge in [0.15, 0.2) is 22.9 Å². The number of hydrogen-bond acceptors (Lipinski definition) is 9. The first-order valence-electron chi connectivity index (χ1n) is 15.4. The van der Waals surface area contributed by atoms with Crippen molar-refractivity contribution in [2.24, 2.45) is 5.92 Å². The topological polar surface area (TPSA) is 111 Å². The number of aromatic nitrogens is 5. The molecule has 6 rings (SSSR count). The summed E-state index contributed by atoms with van der Waals surface area (Å²) in [5.41, 5.74) is 2.23. The Labute approximate surface area is 244 Å². The molecule has 0 aromatic carbocycles. The zero-order valence-corrected chi connectivity index (χ0v) is 24.3. The number of fused-ring (bicyclic) bond motifs is 2. The van der Waals surface area contributed by atoms with Crippen molar-refractivity contribution >= 4 is 38.3 Å². The second-order valence-electron chi connectivity index (χ2n) is 12.0. The molecule has 10 nitrogen and oxygen atoms in total. The van der Waals surface area contributed by atoms with E-state index in [2.05, 4.69) is 29.2 Å². The Kier molecular flexibility index (Phi) is 8.38. The lowest BCUT2D eigenvalue weighted by atomic mass is 9.82. The zero-order valence-electron chi connectivity index (χ0n) is 24.3. The van der Waals surface area contributed by atoms with Crippen LogP contribution < -0.4 is 15.0 Å². The highest BCUT2D eigenvalue weighted by molar-refractivity contribution is 6.35. The van der Waals surface area contributed by atoms with Crippen LogP contribution in [-0.2, 0) is 17.8 Å². The van der Waals surface area contributed by atoms with Gasteiger partial charge < -0.3 is 19.5 Å². The van der Waals surface area contributed by atoms with Gasteiger partial charge in [-0.1, -0.05) is 25.4 Å². The van der Waals surface area contributed by atoms with Gasteiger partial charge in [-0.15, -0.1) is 5.10 Å². The molecule has 3 aromatic rings. The average molecular weight is 555 g/mol. The third-order valence-electron chi connectivity index (χ3n) is 8.73. The van der Waals surface area contributed by atoms with Gasteiger partial charge in [-0.2, -0.15) is 0 Å². The van der Waals surface area contributed by atoms with E-state index in [0.29, 0.717) is 53.1 Å². The van der Waals surface area contributed by atoms with E-state index in [4.69, 9.17) is 40.0 Å². The number of hydrogen-bond donors (Lipinski definition) is 1. The first kappa shape index (κ1) is 28.2. The number of ketones is 1. The molecule has 0 spiro atoms. The number of nitrogens with zero attached hydrogens (tertiary/aromatic N) is 6. The minimum absolute atomic E-state index is 0.233. The lowest BCUT2D eigenvalue weighted by Gasteiger charge is -2.32. The van der Waals surface area contributed by atoms with Gasteiger partial charge in [0.1, 0.15) is 32.7 Å². The highest BCUT2D eigenvalue weighted by Crippen LogP contribution is 2.41. The van der Waals surface area contributed by atoms with Crippen LogP contribution in [0.15, 0.2) is 4.52 Å². The summed E-state index contributed by atoms with van der Waals surface area (Å²) in [5.74, 6) is 1.75. The Balaban J connectivity index is 1.48. The van der Waals surface area contributed by atoms with Crippen LogP contribution in [0.1, 0.15) is 88.9 Å². The summed E-state index contributed by atoms with van der Waals surface area (Å²) in [6, 6.07) is 0.282. The fraction of sp³-hybridized carbons (Fsp3) is 0.690. The Morgan fingerprint density at radius 3 is 2.83 bits per heavy atom. The smallest absolute Gasteiger partial charge is 0.245 e. The Morgan fingerprint density at radius 2 is 2.07 bits per heavy atom. The summed E-state index contributed by atoms with van der Waals surface area (Å²) in [4.78, 5) is 25.5. The zero-order chi connectivity index (χ0) is 28.5. The molecule has 2 saturated heterocycles. The minimum Gasteiger partial charge on any atom is -0.493 e. The number of carbonyl (C=O) groups excluding carboxylic acids is 1. The van der Waals surface area contributed by atoms with E-state index in [9.17, 15) is 4.79 Å². The van der Waals surface area contributed by atoms with E-state index >= 15 is 0 Å². The quantitative estimate of drug-likeness (QED) is 0.375. The Morgan fingerprint density at radius 1 is 1.20 bits per heavy atom. The molecule has 12 heteroatoms. The van der Waals surface area contributed by atoms with Crippen molar-refractivity contribution in [3.8, 4) is 17.4 Å². The maximum Gasteiger partial charge on any atom is 0.245 e. The third-order valence-corrected chi connectivity index (χ3v) is 8.73. The Hall–Kier alpha value is -2.88. The molecule has 1 aliphatic carbocycles. The Bertz CT molecular complexity index is 1380. The molecular formula is C29H39B2N7O3. The van der Waals surface area contributed by atoms with E-state index < -0.39 is 5.90 Å². The van der Waals surface area contributed by atoms with Crippen LogP contribution in [0.25, 0.3) is 22.6 Å². The van der Waals surface area contributed by atoms with Crippen LogP contribution in [0.4, 0.5) is 5.82 Å². The van der Waals surface area contributed by atoms with E-state index in [0.717, 1.165) is 82.4 Å². The lowest BCUT2D eigenvalue weighted by Crippen LogP contribution is -2.35. The number of piperidine rings is 1. The van der Waals surface area contributed by atoms with E-state index in [-0.39, 0.29) is 17.7 Å². The second kappa shape index (κ2) is 12.2. The maximum atomic E-state index is 13.1. The number of nitrogens with one attached hydrogen (secondary N) is 1. The van der Waals surface area contributed by atoms with E-state index in [1.807, 2.05) is 4.68 Å². The van der Waals surface area contributed by atoms with Crippen molar-refractivity contribution in [1.29, 1.82) is 0 Å². The molecule has 5 heterocycles. The lowest BCUT2D eigenvalue weighted by molar-refractivity contribution is -0.121. The SMILES string of the molecule is [B]C([B])Oc1nn(CC2CCCN2)c2nc(-c3noc4c3CCCC4C(=O)CCCC)nc(N3CCCC(C)C3)c12. The van der Waals surface area contributed by atoms with E-state index in [1.165, 1.54) is 6.42 Å². The highest BCUT2D eigenvalue weighted by Gasteiger charge is 2.35. The molecule has 3 aromatic heterocycles. The molecule has 3 atom stereocenters. The van der Waals surface area contributed by atoms with Crippen LogP contribution >= 0.6 is 0 Å². The highest BCUT2D eigenvalue weighted by atomic mass is 16.5. The van der Waals surface area contributed by atoms with Gasteiger partial charge in [-0.3, -0.25) is 4.79 Å². The number of Topliss-reactive ketones (excluding diaryl/α,β-unsaturated/α-hetero) is 1. The van der Waals surface area contributed by atoms with Crippen LogP contribution in [0.2, 0.25) is 0 Å². The molecule has 2 aliphatic heterocycles. The predicted octanol–water partition coefficient (Wildman–Crippen LogP) is 3.65. The molecule has 214 valence electrons. The van der Waals surface area contributed by atoms with Gasteiger partial charge in [0, 0.05) is 37.0 Å². The van der Waals surface area contributed by atoms with Crippen molar-refractivity contribution in [3.63, 3.8) is 0 Å². The van der Waals surface area contributed by atoms with Crippen molar-refractivity contribution in [3.05, 3.63) is 11.3 Å². The molecular weight excluding hydrogens is 516 g/mol. The van der Waals surface area contributed by atoms with Gasteiger partial charge in [0.2, 0.25) is 5.88 Å². The summed E-state index contributed by atoms with van der Waals surface area (Å²) < 4.78 is 13.7. The summed E-state index contributed by atoms with van der Waals surface area (Å²) in [6.07, 6.45) is 9.35. The molecule has 2 fully saturated rings. The van der Waals surface area contributed by atoms with Gasteiger partial charge in [-0.05, 0) is 63.8 Å². The largest absolute Gasteiger partial charge is 0.493 e. The fourth-order valence-corrected chi connectivity index (χ4v) is 6.66. The van der Waals surface area contributed by atoms with Crippen LogP contribution in [-0.4, -0.2) is 78.0 Å². The number of ether oxygens (including phenoxy) is 1. The molecule has 0 amide bonds. The minimum atomic E-state index is -1.02. The summed E-state index contributed by atoms with van der Waals surface area (Å²) >= 11 is 0. The summed E-state index contributed by atoms with van der Waals surface area (Å²) in [6.45, 7) is 7.71. The van der Waals surface area contributed by atoms with Gasteiger partial charge >= 0.3 is 0 Å².